The molecule has 1 aliphatic rings. The molecule has 2 aromatic rings. The molecule has 7 nitrogen and oxygen atoms in total. The van der Waals surface area contributed by atoms with E-state index in [1.54, 1.807) is 17.0 Å². The zero-order valence-electron chi connectivity index (χ0n) is 18.3. The summed E-state index contributed by atoms with van der Waals surface area (Å²) in [5, 5.41) is 23.2. The minimum Gasteiger partial charge on any atom is -0.508 e. The lowest BCUT2D eigenvalue weighted by Gasteiger charge is -2.18. The van der Waals surface area contributed by atoms with Crippen LogP contribution in [0, 0.1) is 0 Å². The average Bonchev–Trinajstić information content (AvgIpc) is 3.12. The number of carbonyl (C=O) groups excluding carboxylic acids is 2. The van der Waals surface area contributed by atoms with Crippen LogP contribution in [0.25, 0.3) is 0 Å². The first-order valence-corrected chi connectivity index (χ1v) is 10.3. The molecule has 0 aliphatic carbocycles. The Kier molecular flexibility index (Phi) is 6.65. The van der Waals surface area contributed by atoms with Crippen LogP contribution in [0.1, 0.15) is 46.8 Å². The van der Waals surface area contributed by atoms with Gasteiger partial charge in [0.05, 0.1) is 5.56 Å². The van der Waals surface area contributed by atoms with Crippen molar-refractivity contribution in [2.24, 2.45) is 0 Å². The highest BCUT2D eigenvalue weighted by Crippen LogP contribution is 2.35. The molecular weight excluding hydrogens is 394 g/mol. The summed E-state index contributed by atoms with van der Waals surface area (Å²) in [5.41, 5.74) is 3.27. The summed E-state index contributed by atoms with van der Waals surface area (Å²) in [5.74, 6) is -0.815. The fraction of sp³-hybridized carbons (Fsp3) is 0.333. The van der Waals surface area contributed by atoms with Gasteiger partial charge in [-0.15, -0.1) is 0 Å². The smallest absolute Gasteiger partial charge is 0.258 e. The van der Waals surface area contributed by atoms with E-state index in [9.17, 15) is 19.8 Å². The largest absolute Gasteiger partial charge is 0.508 e. The van der Waals surface area contributed by atoms with Crippen molar-refractivity contribution in [1.82, 2.24) is 9.80 Å². The molecule has 0 aromatic heterocycles. The molecule has 2 aromatic carbocycles. The maximum Gasteiger partial charge on any atom is 0.258 e. The van der Waals surface area contributed by atoms with Crippen LogP contribution in [-0.2, 0) is 17.9 Å². The molecule has 3 rings (SSSR count). The molecule has 7 heteroatoms. The Labute approximate surface area is 182 Å². The molecule has 31 heavy (non-hydrogen) atoms. The molecule has 3 N–H and O–H groups in total. The quantitative estimate of drug-likeness (QED) is 0.619. The number of aromatic hydroxyl groups is 2. The van der Waals surface area contributed by atoms with Gasteiger partial charge in [-0.2, -0.15) is 0 Å². The van der Waals surface area contributed by atoms with Gasteiger partial charge in [0.25, 0.3) is 5.91 Å². The summed E-state index contributed by atoms with van der Waals surface area (Å²) >= 11 is 0. The van der Waals surface area contributed by atoms with Crippen molar-refractivity contribution in [2.45, 2.75) is 32.9 Å². The van der Waals surface area contributed by atoms with Crippen LogP contribution >= 0.6 is 0 Å². The van der Waals surface area contributed by atoms with Crippen molar-refractivity contribution in [3.63, 3.8) is 0 Å². The number of hydrogen-bond acceptors (Lipinski definition) is 5. The molecule has 1 aliphatic heterocycles. The van der Waals surface area contributed by atoms with Gasteiger partial charge >= 0.3 is 0 Å². The average molecular weight is 424 g/mol. The predicted molar refractivity (Wildman–Crippen MR) is 120 cm³/mol. The summed E-state index contributed by atoms with van der Waals surface area (Å²) in [6.07, 6.45) is 3.29. The first-order chi connectivity index (χ1) is 14.7. The van der Waals surface area contributed by atoms with Crippen molar-refractivity contribution >= 4 is 17.5 Å². The second-order valence-corrected chi connectivity index (χ2v) is 8.34. The number of rotatable bonds is 6. The zero-order chi connectivity index (χ0) is 22.7. The number of benzene rings is 2. The highest BCUT2D eigenvalue weighted by molar-refractivity contribution is 6.01. The van der Waals surface area contributed by atoms with E-state index in [1.807, 2.05) is 51.0 Å². The van der Waals surface area contributed by atoms with Gasteiger partial charge in [-0.05, 0) is 43.3 Å². The highest BCUT2D eigenvalue weighted by atomic mass is 16.3. The SMILES string of the molecule is CC(C)c1cc(C(=O)N2Cc3cccc(NC(=O)/C=C/CN(C)C)c3C2)c(O)cc1O. The van der Waals surface area contributed by atoms with Gasteiger partial charge in [-0.1, -0.05) is 32.1 Å². The van der Waals surface area contributed by atoms with E-state index >= 15 is 0 Å². The minimum atomic E-state index is -0.321. The molecule has 2 amide bonds. The Balaban J connectivity index is 1.79. The summed E-state index contributed by atoms with van der Waals surface area (Å²) in [6, 6.07) is 8.37. The van der Waals surface area contributed by atoms with Crippen LogP contribution in [0.5, 0.6) is 11.5 Å². The number of anilines is 1. The molecular formula is C24H29N3O4. The first-order valence-electron chi connectivity index (χ1n) is 10.3. The molecule has 164 valence electrons. The number of likely N-dealkylation sites (N-methyl/N-ethyl adjacent to an activating group) is 1. The van der Waals surface area contributed by atoms with Crippen LogP contribution in [0.3, 0.4) is 0 Å². The zero-order valence-corrected chi connectivity index (χ0v) is 18.3. The van der Waals surface area contributed by atoms with Gasteiger partial charge in [0, 0.05) is 43.0 Å². The molecule has 0 radical (unpaired) electrons. The van der Waals surface area contributed by atoms with Gasteiger partial charge in [-0.25, -0.2) is 0 Å². The van der Waals surface area contributed by atoms with Crippen molar-refractivity contribution in [3.05, 3.63) is 64.7 Å². The Morgan fingerprint density at radius 2 is 1.90 bits per heavy atom. The second-order valence-electron chi connectivity index (χ2n) is 8.34. The van der Waals surface area contributed by atoms with Crippen LogP contribution in [0.4, 0.5) is 5.69 Å². The standard InChI is InChI=1S/C24H29N3O4/c1-15(2)17-11-18(22(29)12-21(17)28)24(31)27-13-16-7-5-8-20(19(16)14-27)25-23(30)9-6-10-26(3)4/h5-9,11-12,15,28-29H,10,13-14H2,1-4H3,(H,25,30)/b9-6+. The monoisotopic (exact) mass is 423 g/mol. The molecule has 0 spiro atoms. The summed E-state index contributed by atoms with van der Waals surface area (Å²) in [6.45, 7) is 5.19. The van der Waals surface area contributed by atoms with Gasteiger partial charge in [0.1, 0.15) is 11.5 Å². The topological polar surface area (TPSA) is 93.1 Å². The third-order valence-corrected chi connectivity index (χ3v) is 5.27. The normalized spacial score (nSPS) is 13.3. The van der Waals surface area contributed by atoms with Crippen LogP contribution in [0.15, 0.2) is 42.5 Å². The summed E-state index contributed by atoms with van der Waals surface area (Å²) in [4.78, 5) is 29.0. The number of phenolic OH excluding ortho intramolecular Hbond substituents is 2. The van der Waals surface area contributed by atoms with Gasteiger partial charge < -0.3 is 25.3 Å². The lowest BCUT2D eigenvalue weighted by Crippen LogP contribution is -2.25. The van der Waals surface area contributed by atoms with E-state index in [0.29, 0.717) is 30.9 Å². The molecule has 0 atom stereocenters. The number of amides is 2. The van der Waals surface area contributed by atoms with Gasteiger partial charge in [0.15, 0.2) is 0 Å². The predicted octanol–water partition coefficient (Wildman–Crippen LogP) is 3.43. The Hall–Kier alpha value is -3.32. The molecule has 0 unspecified atom stereocenters. The van der Waals surface area contributed by atoms with Crippen LogP contribution < -0.4 is 5.32 Å². The van der Waals surface area contributed by atoms with Gasteiger partial charge in [-0.3, -0.25) is 9.59 Å². The van der Waals surface area contributed by atoms with E-state index in [0.717, 1.165) is 11.1 Å². The van der Waals surface area contributed by atoms with Crippen LogP contribution in [-0.4, -0.2) is 52.5 Å². The van der Waals surface area contributed by atoms with E-state index in [2.05, 4.69) is 5.32 Å². The van der Waals surface area contributed by atoms with E-state index in [-0.39, 0.29) is 34.8 Å². The highest BCUT2D eigenvalue weighted by Gasteiger charge is 2.28. The van der Waals surface area contributed by atoms with E-state index in [4.69, 9.17) is 0 Å². The van der Waals surface area contributed by atoms with Crippen molar-refractivity contribution in [3.8, 4) is 11.5 Å². The van der Waals surface area contributed by atoms with Gasteiger partial charge in [0.2, 0.25) is 5.91 Å². The number of carbonyl (C=O) groups is 2. The Morgan fingerprint density at radius 1 is 1.16 bits per heavy atom. The van der Waals surface area contributed by atoms with Crippen LogP contribution in [0.2, 0.25) is 0 Å². The number of nitrogens with zero attached hydrogens (tertiary/aromatic N) is 2. The minimum absolute atomic E-state index is 0.00490. The van der Waals surface area contributed by atoms with Crippen molar-refractivity contribution in [1.29, 1.82) is 0 Å². The summed E-state index contributed by atoms with van der Waals surface area (Å²) < 4.78 is 0. The maximum atomic E-state index is 13.1. The molecule has 0 saturated carbocycles. The first kappa shape index (κ1) is 22.4. The molecule has 0 bridgehead atoms. The fourth-order valence-electron chi connectivity index (χ4n) is 3.63. The fourth-order valence-corrected chi connectivity index (χ4v) is 3.63. The third kappa shape index (κ3) is 5.06. The molecule has 0 fully saturated rings. The molecule has 0 saturated heterocycles. The lowest BCUT2D eigenvalue weighted by atomic mass is 9.98. The van der Waals surface area contributed by atoms with E-state index < -0.39 is 0 Å². The van der Waals surface area contributed by atoms with E-state index in [1.165, 1.54) is 12.1 Å². The number of hydrogen-bond donors (Lipinski definition) is 3. The van der Waals surface area contributed by atoms with Crippen molar-refractivity contribution in [2.75, 3.05) is 26.0 Å². The second kappa shape index (κ2) is 9.22. The lowest BCUT2D eigenvalue weighted by molar-refractivity contribution is -0.111. The Morgan fingerprint density at radius 3 is 2.58 bits per heavy atom. The third-order valence-electron chi connectivity index (χ3n) is 5.27. The molecule has 1 heterocycles. The summed E-state index contributed by atoms with van der Waals surface area (Å²) in [7, 11) is 3.85. The number of nitrogens with one attached hydrogen (secondary N) is 1. The number of phenols is 2. The van der Waals surface area contributed by atoms with Crippen molar-refractivity contribution < 1.29 is 19.8 Å². The Bertz CT molecular complexity index is 1030. The maximum absolute atomic E-state index is 13.1. The number of fused-ring (bicyclic) bond motifs is 1.